The van der Waals surface area contributed by atoms with Crippen LogP contribution in [0.4, 0.5) is 0 Å². The molecule has 5 aromatic heterocycles. The standard InChI is InChI=1S/C23H20N2OS.C18H18N2.C10H12N2.C8H8O.C5H3ClOS/c1-15-8-10-16(11-9-15)22-21-18(17-5-2-3-6-19(17)24-21)12-13-25(22)23(26)20-7-4-14-27-20;1-12-6-8-13(9-7-12)17-18-15(10-11-19-17)14-4-2-3-5-16(14)20-18;11-6-5-8-7-12-10-4-2-1-3-9(8)10;1-7-2-4-8(6-9)5-3-7;6-5(7)4-2-1-3-8-4/h2-11,14,22,24H,12-13H2,1H3;2-9,17,19-20H,10-11H2,1H3;1-4,7,12H,5-6,11H2;2-6H,1H3;1-3H. The van der Waals surface area contributed by atoms with Gasteiger partial charge in [0.2, 0.25) is 0 Å². The molecule has 1 amide bonds. The Hall–Kier alpha value is -7.64. The summed E-state index contributed by atoms with van der Waals surface area (Å²) < 4.78 is 0. The topological polar surface area (TPSA) is 140 Å². The van der Waals surface area contributed by atoms with Crippen molar-refractivity contribution in [2.75, 3.05) is 19.6 Å². The van der Waals surface area contributed by atoms with Gasteiger partial charge in [-0.15, -0.1) is 22.7 Å². The van der Waals surface area contributed by atoms with Crippen LogP contribution in [-0.2, 0) is 19.3 Å². The van der Waals surface area contributed by atoms with E-state index in [0.717, 1.165) is 65.9 Å². The number of thiophene rings is 2. The second-order valence-electron chi connectivity index (χ2n) is 18.9. The molecule has 0 saturated heterocycles. The van der Waals surface area contributed by atoms with Crippen molar-refractivity contribution >= 4 is 84.4 Å². The van der Waals surface area contributed by atoms with Crippen LogP contribution < -0.4 is 11.1 Å². The molecule has 7 heterocycles. The molecule has 6 aromatic carbocycles. The highest BCUT2D eigenvalue weighted by atomic mass is 35.5. The van der Waals surface area contributed by atoms with Crippen LogP contribution in [0.15, 0.2) is 187 Å². The maximum Gasteiger partial charge on any atom is 0.264 e. The number of H-pyrrole nitrogens is 3. The van der Waals surface area contributed by atoms with Crippen LogP contribution >= 0.6 is 34.3 Å². The van der Waals surface area contributed by atoms with E-state index in [1.165, 1.54) is 94.5 Å². The fourth-order valence-electron chi connectivity index (χ4n) is 9.85. The Morgan fingerprint density at radius 3 is 1.70 bits per heavy atom. The van der Waals surface area contributed by atoms with Crippen LogP contribution in [-0.4, -0.2) is 56.9 Å². The van der Waals surface area contributed by atoms with E-state index in [0.29, 0.717) is 11.4 Å². The molecule has 9 nitrogen and oxygen atoms in total. The van der Waals surface area contributed by atoms with Crippen molar-refractivity contribution in [3.05, 3.63) is 258 Å². The predicted molar refractivity (Wildman–Crippen MR) is 316 cm³/mol. The maximum atomic E-state index is 13.3. The molecule has 2 unspecified atom stereocenters. The third kappa shape index (κ3) is 12.5. The number of aromatic nitrogens is 3. The largest absolute Gasteiger partial charge is 0.361 e. The lowest BCUT2D eigenvalue weighted by Gasteiger charge is -2.36. The molecule has 2 aliphatic rings. The summed E-state index contributed by atoms with van der Waals surface area (Å²) in [5, 5.41) is 11.0. The molecule has 0 bridgehead atoms. The van der Waals surface area contributed by atoms with Crippen molar-refractivity contribution in [2.24, 2.45) is 5.73 Å². The summed E-state index contributed by atoms with van der Waals surface area (Å²) in [5.41, 5.74) is 22.6. The number of nitrogens with zero attached hydrogens (tertiary/aromatic N) is 1. The van der Waals surface area contributed by atoms with Gasteiger partial charge >= 0.3 is 0 Å². The van der Waals surface area contributed by atoms with Gasteiger partial charge in [-0.25, -0.2) is 0 Å². The highest BCUT2D eigenvalue weighted by Gasteiger charge is 2.35. The lowest BCUT2D eigenvalue weighted by molar-refractivity contribution is 0.0696. The van der Waals surface area contributed by atoms with E-state index < -0.39 is 0 Å². The van der Waals surface area contributed by atoms with Crippen molar-refractivity contribution in [3.8, 4) is 0 Å². The van der Waals surface area contributed by atoms with Gasteiger partial charge in [-0.2, -0.15) is 0 Å². The number of carbonyl (C=O) groups is 3. The Bertz CT molecular complexity index is 3650. The molecule has 0 fully saturated rings. The van der Waals surface area contributed by atoms with E-state index in [1.54, 1.807) is 12.1 Å². The minimum atomic E-state index is -0.375. The second kappa shape index (κ2) is 25.3. The molecular weight excluding hydrogens is 1000 g/mol. The molecule has 11 aromatic rings. The number of carbonyl (C=O) groups excluding carboxylic acids is 3. The van der Waals surface area contributed by atoms with Crippen LogP contribution in [0.1, 0.15) is 97.7 Å². The number of rotatable bonds is 7. The Labute approximate surface area is 456 Å². The van der Waals surface area contributed by atoms with Crippen molar-refractivity contribution in [1.29, 1.82) is 0 Å². The number of amides is 1. The first-order valence-corrected chi connectivity index (χ1v) is 27.6. The van der Waals surface area contributed by atoms with Crippen molar-refractivity contribution in [2.45, 2.75) is 52.1 Å². The highest BCUT2D eigenvalue weighted by Crippen LogP contribution is 2.40. The van der Waals surface area contributed by atoms with Gasteiger partial charge < -0.3 is 30.9 Å². The van der Waals surface area contributed by atoms with E-state index in [9.17, 15) is 14.4 Å². The summed E-state index contributed by atoms with van der Waals surface area (Å²) in [6.07, 6.45) is 5.81. The van der Waals surface area contributed by atoms with E-state index in [1.807, 2.05) is 71.2 Å². The SMILES string of the molecule is Cc1ccc(C2NCCc3c2[nH]c2ccccc32)cc1.Cc1ccc(C2c3[nH]c4ccccc4c3CCN2C(=O)c2cccs2)cc1.Cc1ccc(C=O)cc1.NCCc1c[nH]c2ccccc12.O=C(Cl)c1cccs1. The number of benzene rings is 6. The van der Waals surface area contributed by atoms with Crippen molar-refractivity contribution < 1.29 is 14.4 Å². The number of hydrogen-bond donors (Lipinski definition) is 5. The first kappa shape index (κ1) is 53.2. The first-order chi connectivity index (χ1) is 37.1. The average Bonchev–Trinajstić information content (AvgIpc) is 4.36. The van der Waals surface area contributed by atoms with E-state index in [2.05, 4.69) is 149 Å². The lowest BCUT2D eigenvalue weighted by Crippen LogP contribution is -2.40. The summed E-state index contributed by atoms with van der Waals surface area (Å²) in [4.78, 5) is 47.5. The molecule has 384 valence electrons. The Morgan fingerprint density at radius 1 is 0.618 bits per heavy atom. The zero-order valence-corrected chi connectivity index (χ0v) is 45.2. The number of hydrogen-bond acceptors (Lipinski definition) is 7. The monoisotopic (exact) mass is 1060 g/mol. The van der Waals surface area contributed by atoms with Crippen LogP contribution in [0.25, 0.3) is 32.7 Å². The predicted octanol–water partition coefficient (Wildman–Crippen LogP) is 14.6. The fraction of sp³-hybridized carbons (Fsp3) is 0.172. The van der Waals surface area contributed by atoms with Gasteiger partial charge in [0.1, 0.15) is 6.29 Å². The highest BCUT2D eigenvalue weighted by molar-refractivity contribution is 7.14. The van der Waals surface area contributed by atoms with Crippen LogP contribution in [0, 0.1) is 20.8 Å². The van der Waals surface area contributed by atoms with E-state index in [-0.39, 0.29) is 23.2 Å². The van der Waals surface area contributed by atoms with Crippen LogP contribution in [0.5, 0.6) is 0 Å². The van der Waals surface area contributed by atoms with Crippen molar-refractivity contribution in [1.82, 2.24) is 25.2 Å². The number of aldehydes is 1. The minimum absolute atomic E-state index is 0.0867. The molecule has 0 saturated carbocycles. The fourth-order valence-corrected chi connectivity index (χ4v) is 11.3. The normalized spacial score (nSPS) is 14.4. The summed E-state index contributed by atoms with van der Waals surface area (Å²) in [6, 6.07) is 57.7. The molecule has 6 N–H and O–H groups in total. The number of fused-ring (bicyclic) bond motifs is 7. The maximum absolute atomic E-state index is 13.3. The van der Waals surface area contributed by atoms with Gasteiger partial charge in [-0.1, -0.05) is 156 Å². The molecule has 12 heteroatoms. The smallest absolute Gasteiger partial charge is 0.264 e. The summed E-state index contributed by atoms with van der Waals surface area (Å²) in [6.45, 7) is 8.69. The van der Waals surface area contributed by atoms with E-state index in [4.69, 9.17) is 17.3 Å². The van der Waals surface area contributed by atoms with Gasteiger partial charge in [0, 0.05) is 68.9 Å². The van der Waals surface area contributed by atoms with Crippen LogP contribution in [0.2, 0.25) is 0 Å². The Morgan fingerprint density at radius 2 is 1.14 bits per heavy atom. The van der Waals surface area contributed by atoms with Gasteiger partial charge in [-0.3, -0.25) is 14.4 Å². The first-order valence-electron chi connectivity index (χ1n) is 25.5. The minimum Gasteiger partial charge on any atom is -0.361 e. The lowest BCUT2D eigenvalue weighted by atomic mass is 9.92. The number of aryl methyl sites for hydroxylation is 3. The zero-order chi connectivity index (χ0) is 53.0. The summed E-state index contributed by atoms with van der Waals surface area (Å²) >= 11 is 7.97. The third-order valence-corrected chi connectivity index (χ3v) is 15.7. The number of nitrogens with two attached hydrogens (primary N) is 1. The number of halogens is 1. The number of para-hydroxylation sites is 3. The molecule has 2 aliphatic heterocycles. The second-order valence-corrected chi connectivity index (χ2v) is 21.1. The van der Waals surface area contributed by atoms with Gasteiger partial charge in [0.05, 0.1) is 21.8 Å². The number of aromatic amines is 3. The van der Waals surface area contributed by atoms with Crippen molar-refractivity contribution in [3.63, 3.8) is 0 Å². The van der Waals surface area contributed by atoms with Crippen LogP contribution in [0.3, 0.4) is 0 Å². The van der Waals surface area contributed by atoms with Gasteiger partial charge in [-0.05, 0) is 127 Å². The van der Waals surface area contributed by atoms with E-state index >= 15 is 0 Å². The molecule has 2 atom stereocenters. The molecule has 13 rings (SSSR count). The quantitative estimate of drug-likeness (QED) is 0.0799. The zero-order valence-electron chi connectivity index (χ0n) is 42.8. The average molecular weight is 1060 g/mol. The summed E-state index contributed by atoms with van der Waals surface area (Å²) in [5.74, 6) is 0.111. The third-order valence-electron chi connectivity index (χ3n) is 13.7. The molecule has 0 aliphatic carbocycles. The molecule has 76 heavy (non-hydrogen) atoms. The molecule has 0 radical (unpaired) electrons. The number of nitrogens with one attached hydrogen (secondary N) is 4. The van der Waals surface area contributed by atoms with Gasteiger partial charge in [0.25, 0.3) is 11.1 Å². The Balaban J connectivity index is 0.000000126. The Kier molecular flexibility index (Phi) is 17.7. The molecular formula is C64H61ClN6O3S2. The molecule has 0 spiro atoms. The summed E-state index contributed by atoms with van der Waals surface area (Å²) in [7, 11) is 0. The van der Waals surface area contributed by atoms with Gasteiger partial charge in [0.15, 0.2) is 0 Å².